The van der Waals surface area contributed by atoms with Crippen molar-refractivity contribution in [3.8, 4) is 0 Å². The van der Waals surface area contributed by atoms with Gasteiger partial charge in [0.2, 0.25) is 0 Å². The van der Waals surface area contributed by atoms with Crippen molar-refractivity contribution in [1.29, 1.82) is 0 Å². The van der Waals surface area contributed by atoms with Gasteiger partial charge in [0, 0.05) is 5.11 Å². The van der Waals surface area contributed by atoms with Crippen LogP contribution in [0.2, 0.25) is 0 Å². The van der Waals surface area contributed by atoms with E-state index in [4.69, 9.17) is 0 Å². The van der Waals surface area contributed by atoms with Crippen molar-refractivity contribution in [2.24, 2.45) is 10.2 Å². The van der Waals surface area contributed by atoms with E-state index >= 15 is 0 Å². The average Bonchev–Trinajstić information content (AvgIpc) is 2.70. The highest BCUT2D eigenvalue weighted by molar-refractivity contribution is 5.37. The predicted octanol–water partition coefficient (Wildman–Crippen LogP) is -0.443. The maximum atomic E-state index is 4.05. The van der Waals surface area contributed by atoms with Crippen molar-refractivity contribution in [3.63, 3.8) is 0 Å². The summed E-state index contributed by atoms with van der Waals surface area (Å²) in [6.07, 6.45) is 3.53. The molecule has 0 amide bonds. The molecule has 0 fully saturated rings. The fourth-order valence-electron chi connectivity index (χ4n) is 1.06. The van der Waals surface area contributed by atoms with Crippen LogP contribution < -0.4 is 17.4 Å². The first-order valence-corrected chi connectivity index (χ1v) is 4.38. The smallest absolute Gasteiger partial charge is 0.416 e. The van der Waals surface area contributed by atoms with E-state index in [9.17, 15) is 0 Å². The quantitative estimate of drug-likeness (QED) is 0.670. The minimum atomic E-state index is 0. The van der Waals surface area contributed by atoms with Gasteiger partial charge in [-0.3, -0.25) is 0 Å². The third-order valence-electron chi connectivity index (χ3n) is 1.82. The number of rotatable bonds is 2. The first-order chi connectivity index (χ1) is 6.84. The SMILES string of the molecule is Cc1ccc(N=Nc2[nH]cc[nH+]2)cc1.[Cl-]. The molecule has 5 heteroatoms. The molecule has 0 aliphatic carbocycles. The van der Waals surface area contributed by atoms with Gasteiger partial charge in [0.25, 0.3) is 0 Å². The summed E-state index contributed by atoms with van der Waals surface area (Å²) in [5.74, 6) is 0.644. The zero-order valence-corrected chi connectivity index (χ0v) is 8.99. The summed E-state index contributed by atoms with van der Waals surface area (Å²) in [5.41, 5.74) is 2.06. The van der Waals surface area contributed by atoms with Crippen LogP contribution in [0.3, 0.4) is 0 Å². The van der Waals surface area contributed by atoms with Gasteiger partial charge in [-0.1, -0.05) is 22.8 Å². The highest BCUT2D eigenvalue weighted by atomic mass is 35.5. The van der Waals surface area contributed by atoms with Gasteiger partial charge in [-0.15, -0.1) is 0 Å². The van der Waals surface area contributed by atoms with Crippen LogP contribution in [0.5, 0.6) is 0 Å². The van der Waals surface area contributed by atoms with Crippen molar-refractivity contribution in [1.82, 2.24) is 4.98 Å². The number of hydrogen-bond acceptors (Lipinski definition) is 2. The topological polar surface area (TPSA) is 54.6 Å². The van der Waals surface area contributed by atoms with E-state index in [-0.39, 0.29) is 12.4 Å². The second kappa shape index (κ2) is 5.26. The van der Waals surface area contributed by atoms with E-state index < -0.39 is 0 Å². The number of nitrogens with one attached hydrogen (secondary N) is 2. The first kappa shape index (κ1) is 11.4. The zero-order chi connectivity index (χ0) is 9.80. The third kappa shape index (κ3) is 3.18. The molecule has 2 rings (SSSR count). The number of hydrogen-bond donors (Lipinski definition) is 1. The number of nitrogens with zero attached hydrogens (tertiary/aromatic N) is 2. The van der Waals surface area contributed by atoms with Crippen molar-refractivity contribution in [2.45, 2.75) is 6.92 Å². The molecule has 0 spiro atoms. The lowest BCUT2D eigenvalue weighted by Gasteiger charge is -1.89. The van der Waals surface area contributed by atoms with E-state index in [0.717, 1.165) is 5.69 Å². The third-order valence-corrected chi connectivity index (χ3v) is 1.82. The van der Waals surface area contributed by atoms with Crippen LogP contribution >= 0.6 is 0 Å². The van der Waals surface area contributed by atoms with Gasteiger partial charge in [0.05, 0.1) is 12.4 Å². The van der Waals surface area contributed by atoms with Crippen LogP contribution in [-0.4, -0.2) is 4.98 Å². The minimum Gasteiger partial charge on any atom is -1.00 e. The number of azo groups is 1. The molecule has 2 aromatic rings. The monoisotopic (exact) mass is 222 g/mol. The largest absolute Gasteiger partial charge is 1.00 e. The Kier molecular flexibility index (Phi) is 4.00. The molecule has 15 heavy (non-hydrogen) atoms. The Morgan fingerprint density at radius 2 is 1.87 bits per heavy atom. The van der Waals surface area contributed by atoms with Crippen LogP contribution in [0.4, 0.5) is 11.6 Å². The van der Waals surface area contributed by atoms with Gasteiger partial charge in [-0.2, -0.15) is 0 Å². The minimum absolute atomic E-state index is 0. The number of aryl methyl sites for hydroxylation is 1. The molecule has 0 bridgehead atoms. The van der Waals surface area contributed by atoms with Crippen molar-refractivity contribution in [2.75, 3.05) is 0 Å². The Balaban J connectivity index is 0.00000112. The second-order valence-corrected chi connectivity index (χ2v) is 3.01. The van der Waals surface area contributed by atoms with Gasteiger partial charge in [-0.05, 0) is 19.1 Å². The van der Waals surface area contributed by atoms with Gasteiger partial charge in [0.15, 0.2) is 0 Å². The summed E-state index contributed by atoms with van der Waals surface area (Å²) in [6, 6.07) is 7.88. The van der Waals surface area contributed by atoms with Crippen molar-refractivity contribution in [3.05, 3.63) is 42.2 Å². The lowest BCUT2D eigenvalue weighted by Crippen LogP contribution is -3.00. The number of aromatic amines is 2. The van der Waals surface area contributed by atoms with E-state index in [0.29, 0.717) is 5.95 Å². The Morgan fingerprint density at radius 3 is 2.47 bits per heavy atom. The molecule has 0 aliphatic rings. The number of benzene rings is 1. The molecule has 0 saturated heterocycles. The van der Waals surface area contributed by atoms with Crippen molar-refractivity contribution >= 4 is 11.6 Å². The summed E-state index contributed by atoms with van der Waals surface area (Å²) in [5, 5.41) is 8.03. The predicted molar refractivity (Wildman–Crippen MR) is 52.7 cm³/mol. The lowest BCUT2D eigenvalue weighted by molar-refractivity contribution is -0.360. The Morgan fingerprint density at radius 1 is 1.13 bits per heavy atom. The second-order valence-electron chi connectivity index (χ2n) is 3.01. The molecule has 1 aromatic heterocycles. The molecule has 78 valence electrons. The molecule has 2 N–H and O–H groups in total. The van der Waals surface area contributed by atoms with Crippen LogP contribution in [0.25, 0.3) is 0 Å². The maximum absolute atomic E-state index is 4.05. The zero-order valence-electron chi connectivity index (χ0n) is 8.24. The lowest BCUT2D eigenvalue weighted by atomic mass is 10.2. The van der Waals surface area contributed by atoms with E-state index in [1.54, 1.807) is 12.4 Å². The summed E-state index contributed by atoms with van der Waals surface area (Å²) in [6.45, 7) is 2.04. The summed E-state index contributed by atoms with van der Waals surface area (Å²) in [4.78, 5) is 5.81. The number of imidazole rings is 1. The molecular formula is C10H11ClN4. The van der Waals surface area contributed by atoms with Gasteiger partial charge < -0.3 is 12.4 Å². The van der Waals surface area contributed by atoms with Crippen molar-refractivity contribution < 1.29 is 17.4 Å². The molecule has 0 aliphatic heterocycles. The standard InChI is InChI=1S/C10H10N4.ClH/c1-8-2-4-9(5-3-8)13-14-10-11-6-7-12-10;/h2-7H,1H3,(H,11,12);1H. The first-order valence-electron chi connectivity index (χ1n) is 4.38. The molecule has 1 heterocycles. The highest BCUT2D eigenvalue weighted by Crippen LogP contribution is 2.14. The fraction of sp³-hybridized carbons (Fsp3) is 0.100. The Hall–Kier alpha value is -1.68. The van der Waals surface area contributed by atoms with Crippen LogP contribution in [0, 0.1) is 6.92 Å². The molecule has 1 aromatic carbocycles. The normalized spacial score (nSPS) is 10.2. The van der Waals surface area contributed by atoms with Gasteiger partial charge >= 0.3 is 5.95 Å². The average molecular weight is 223 g/mol. The van der Waals surface area contributed by atoms with E-state index in [2.05, 4.69) is 20.2 Å². The summed E-state index contributed by atoms with van der Waals surface area (Å²) in [7, 11) is 0. The van der Waals surface area contributed by atoms with Gasteiger partial charge in [-0.25, -0.2) is 9.97 Å². The maximum Gasteiger partial charge on any atom is 0.416 e. The Bertz CT molecular complexity index is 419. The van der Waals surface area contributed by atoms with E-state index in [1.807, 2.05) is 31.2 Å². The fourth-order valence-corrected chi connectivity index (χ4v) is 1.06. The molecule has 0 radical (unpaired) electrons. The van der Waals surface area contributed by atoms with Crippen LogP contribution in [-0.2, 0) is 0 Å². The number of H-pyrrole nitrogens is 2. The van der Waals surface area contributed by atoms with Crippen LogP contribution in [0.1, 0.15) is 5.56 Å². The molecule has 0 saturated carbocycles. The summed E-state index contributed by atoms with van der Waals surface area (Å²) >= 11 is 0. The number of aromatic nitrogens is 2. The van der Waals surface area contributed by atoms with Crippen LogP contribution in [0.15, 0.2) is 46.9 Å². The van der Waals surface area contributed by atoms with Gasteiger partial charge in [0.1, 0.15) is 5.69 Å². The molecule has 0 atom stereocenters. The molecular weight excluding hydrogens is 212 g/mol. The summed E-state index contributed by atoms with van der Waals surface area (Å²) < 4.78 is 0. The highest BCUT2D eigenvalue weighted by Gasteiger charge is 1.98. The Labute approximate surface area is 93.9 Å². The van der Waals surface area contributed by atoms with E-state index in [1.165, 1.54) is 5.56 Å². The molecule has 0 unspecified atom stereocenters. The number of halogens is 1. The molecule has 4 nitrogen and oxygen atoms in total.